The number of anilines is 3. The van der Waals surface area contributed by atoms with Crippen LogP contribution in [0.4, 0.5) is 30.6 Å². The van der Waals surface area contributed by atoms with Crippen LogP contribution < -0.4 is 10.6 Å². The second kappa shape index (κ2) is 9.23. The first-order valence-corrected chi connectivity index (χ1v) is 9.28. The molecule has 28 heavy (non-hydrogen) atoms. The predicted octanol–water partition coefficient (Wildman–Crippen LogP) is 5.03. The summed E-state index contributed by atoms with van der Waals surface area (Å²) in [5.74, 6) is 0.448. The molecule has 0 amide bonds. The highest BCUT2D eigenvalue weighted by molar-refractivity contribution is 5.59. The third-order valence-electron chi connectivity index (χ3n) is 4.25. The van der Waals surface area contributed by atoms with Crippen LogP contribution in [0, 0.1) is 6.92 Å². The molecular formula is C20H28F3N5. The molecule has 0 aliphatic carbocycles. The minimum absolute atomic E-state index is 0.0356. The molecule has 2 rings (SSSR count). The molecule has 0 aliphatic rings. The maximum absolute atomic E-state index is 13.2. The summed E-state index contributed by atoms with van der Waals surface area (Å²) in [6.07, 6.45) is -3.78. The van der Waals surface area contributed by atoms with Gasteiger partial charge in [-0.2, -0.15) is 18.2 Å². The summed E-state index contributed by atoms with van der Waals surface area (Å²) in [7, 11) is 3.88. The Morgan fingerprint density at radius 3 is 2.39 bits per heavy atom. The van der Waals surface area contributed by atoms with Crippen LogP contribution in [0.25, 0.3) is 0 Å². The number of halogens is 3. The molecule has 0 saturated carbocycles. The lowest BCUT2D eigenvalue weighted by molar-refractivity contribution is -0.141. The molecule has 0 saturated heterocycles. The van der Waals surface area contributed by atoms with Crippen molar-refractivity contribution in [2.75, 3.05) is 37.8 Å². The predicted molar refractivity (Wildman–Crippen MR) is 107 cm³/mol. The van der Waals surface area contributed by atoms with Gasteiger partial charge < -0.3 is 15.5 Å². The second-order valence-corrected chi connectivity index (χ2v) is 7.39. The minimum atomic E-state index is -4.54. The van der Waals surface area contributed by atoms with E-state index in [-0.39, 0.29) is 11.8 Å². The highest BCUT2D eigenvalue weighted by atomic mass is 19.4. The highest BCUT2D eigenvalue weighted by Gasteiger charge is 2.33. The summed E-state index contributed by atoms with van der Waals surface area (Å²) >= 11 is 0. The molecule has 1 aromatic heterocycles. The van der Waals surface area contributed by atoms with E-state index in [4.69, 9.17) is 0 Å². The molecule has 2 aromatic rings. The van der Waals surface area contributed by atoms with Crippen LogP contribution >= 0.6 is 0 Å². The van der Waals surface area contributed by atoms with Crippen LogP contribution in [-0.4, -0.2) is 42.1 Å². The minimum Gasteiger partial charge on any atom is -0.354 e. The van der Waals surface area contributed by atoms with Gasteiger partial charge in [0.15, 0.2) is 5.69 Å². The molecule has 0 atom stereocenters. The van der Waals surface area contributed by atoms with Gasteiger partial charge >= 0.3 is 6.18 Å². The normalized spacial score (nSPS) is 11.9. The Morgan fingerprint density at radius 1 is 1.11 bits per heavy atom. The number of alkyl halides is 3. The average Bonchev–Trinajstić information content (AvgIpc) is 2.57. The number of hydrogen-bond donors (Lipinski definition) is 2. The summed E-state index contributed by atoms with van der Waals surface area (Å²) < 4.78 is 39.7. The van der Waals surface area contributed by atoms with Crippen LogP contribution in [-0.2, 0) is 6.18 Å². The summed E-state index contributed by atoms with van der Waals surface area (Å²) in [6, 6.07) is 6.67. The number of nitrogens with zero attached hydrogens (tertiary/aromatic N) is 3. The van der Waals surface area contributed by atoms with Gasteiger partial charge in [-0.3, -0.25) is 0 Å². The topological polar surface area (TPSA) is 53.1 Å². The SMILES string of the molecule is Cc1cc(Nc2cc(C(F)(F)F)nc(NCCCN(C)C)n2)ccc1C(C)C. The van der Waals surface area contributed by atoms with Crippen molar-refractivity contribution in [2.45, 2.75) is 39.3 Å². The van der Waals surface area contributed by atoms with Crippen LogP contribution in [0.3, 0.4) is 0 Å². The van der Waals surface area contributed by atoms with Crippen molar-refractivity contribution in [1.29, 1.82) is 0 Å². The second-order valence-electron chi connectivity index (χ2n) is 7.39. The molecule has 0 fully saturated rings. The first-order valence-electron chi connectivity index (χ1n) is 9.28. The Morgan fingerprint density at radius 2 is 1.82 bits per heavy atom. The van der Waals surface area contributed by atoms with E-state index in [2.05, 4.69) is 34.4 Å². The van der Waals surface area contributed by atoms with E-state index in [0.717, 1.165) is 24.6 Å². The first kappa shape index (κ1) is 21.9. The van der Waals surface area contributed by atoms with E-state index in [1.54, 1.807) is 0 Å². The summed E-state index contributed by atoms with van der Waals surface area (Å²) in [5, 5.41) is 5.86. The van der Waals surface area contributed by atoms with E-state index < -0.39 is 11.9 Å². The zero-order valence-corrected chi connectivity index (χ0v) is 17.0. The van der Waals surface area contributed by atoms with Crippen molar-refractivity contribution in [3.8, 4) is 0 Å². The summed E-state index contributed by atoms with van der Waals surface area (Å²) in [6.45, 7) is 7.49. The van der Waals surface area contributed by atoms with E-state index in [0.29, 0.717) is 18.2 Å². The van der Waals surface area contributed by atoms with Gasteiger partial charge in [-0.15, -0.1) is 0 Å². The molecule has 1 aromatic carbocycles. The fourth-order valence-electron chi connectivity index (χ4n) is 2.88. The first-order chi connectivity index (χ1) is 13.1. The van der Waals surface area contributed by atoms with Gasteiger partial charge in [0.1, 0.15) is 5.82 Å². The molecule has 5 nitrogen and oxygen atoms in total. The maximum atomic E-state index is 13.2. The van der Waals surface area contributed by atoms with Gasteiger partial charge in [0.05, 0.1) is 0 Å². The largest absolute Gasteiger partial charge is 0.433 e. The number of aromatic nitrogens is 2. The standard InChI is InChI=1S/C20H28F3N5/c1-13(2)16-8-7-15(11-14(16)3)25-18-12-17(20(21,22)23)26-19(27-18)24-9-6-10-28(4)5/h7-8,11-13H,6,9-10H2,1-5H3,(H2,24,25,26,27). The Hall–Kier alpha value is -2.35. The molecule has 8 heteroatoms. The van der Waals surface area contributed by atoms with Crippen molar-refractivity contribution >= 4 is 17.5 Å². The lowest BCUT2D eigenvalue weighted by Crippen LogP contribution is -2.18. The number of rotatable bonds is 8. The number of benzene rings is 1. The Labute approximate surface area is 164 Å². The number of aryl methyl sites for hydroxylation is 1. The van der Waals surface area contributed by atoms with E-state index >= 15 is 0 Å². The monoisotopic (exact) mass is 395 g/mol. The third kappa shape index (κ3) is 6.37. The van der Waals surface area contributed by atoms with Crippen LogP contribution in [0.15, 0.2) is 24.3 Å². The van der Waals surface area contributed by atoms with E-state index in [9.17, 15) is 13.2 Å². The molecular weight excluding hydrogens is 367 g/mol. The zero-order chi connectivity index (χ0) is 20.9. The highest BCUT2D eigenvalue weighted by Crippen LogP contribution is 2.31. The molecule has 1 heterocycles. The van der Waals surface area contributed by atoms with Crippen LogP contribution in [0.1, 0.15) is 43.0 Å². The smallest absolute Gasteiger partial charge is 0.354 e. The van der Waals surface area contributed by atoms with E-state index in [1.807, 2.05) is 44.1 Å². The lowest BCUT2D eigenvalue weighted by atomic mass is 9.98. The molecule has 0 unspecified atom stereocenters. The Kier molecular flexibility index (Phi) is 7.23. The third-order valence-corrected chi connectivity index (χ3v) is 4.25. The molecule has 2 N–H and O–H groups in total. The number of hydrogen-bond acceptors (Lipinski definition) is 5. The molecule has 0 aliphatic heterocycles. The van der Waals surface area contributed by atoms with Crippen molar-refractivity contribution < 1.29 is 13.2 Å². The maximum Gasteiger partial charge on any atom is 0.433 e. The van der Waals surface area contributed by atoms with Crippen LogP contribution in [0.5, 0.6) is 0 Å². The fraction of sp³-hybridized carbons (Fsp3) is 0.500. The van der Waals surface area contributed by atoms with E-state index in [1.165, 1.54) is 5.56 Å². The van der Waals surface area contributed by atoms with Gasteiger partial charge in [-0.25, -0.2) is 4.98 Å². The zero-order valence-electron chi connectivity index (χ0n) is 17.0. The molecule has 0 spiro atoms. The average molecular weight is 395 g/mol. The van der Waals surface area contributed by atoms with Crippen molar-refractivity contribution in [2.24, 2.45) is 0 Å². The molecule has 0 radical (unpaired) electrons. The Balaban J connectivity index is 2.22. The van der Waals surface area contributed by atoms with Gasteiger partial charge in [-0.05, 0) is 63.2 Å². The summed E-state index contributed by atoms with van der Waals surface area (Å²) in [5.41, 5.74) is 1.99. The molecule has 0 bridgehead atoms. The van der Waals surface area contributed by atoms with Gasteiger partial charge in [0, 0.05) is 18.3 Å². The summed E-state index contributed by atoms with van der Waals surface area (Å²) in [4.78, 5) is 9.82. The molecule has 154 valence electrons. The van der Waals surface area contributed by atoms with Crippen molar-refractivity contribution in [1.82, 2.24) is 14.9 Å². The lowest BCUT2D eigenvalue weighted by Gasteiger charge is -2.15. The fourth-order valence-corrected chi connectivity index (χ4v) is 2.88. The van der Waals surface area contributed by atoms with Crippen molar-refractivity contribution in [3.05, 3.63) is 41.1 Å². The quantitative estimate of drug-likeness (QED) is 0.614. The van der Waals surface area contributed by atoms with Crippen LogP contribution in [0.2, 0.25) is 0 Å². The van der Waals surface area contributed by atoms with Gasteiger partial charge in [-0.1, -0.05) is 19.9 Å². The van der Waals surface area contributed by atoms with Gasteiger partial charge in [0.2, 0.25) is 5.95 Å². The Bertz CT molecular complexity index is 788. The number of nitrogens with one attached hydrogen (secondary N) is 2. The van der Waals surface area contributed by atoms with Crippen molar-refractivity contribution in [3.63, 3.8) is 0 Å². The van der Waals surface area contributed by atoms with Gasteiger partial charge in [0.25, 0.3) is 0 Å².